The molecular formula is C18H24F2N2O3S. The second-order valence-corrected chi connectivity index (χ2v) is 7.60. The van der Waals surface area contributed by atoms with Gasteiger partial charge in [0.05, 0.1) is 19.2 Å². The molecule has 8 heteroatoms. The number of piperidine rings is 1. The molecule has 5 nitrogen and oxygen atoms in total. The zero-order chi connectivity index (χ0) is 19.1. The Labute approximate surface area is 156 Å². The van der Waals surface area contributed by atoms with E-state index in [4.69, 9.17) is 4.74 Å². The van der Waals surface area contributed by atoms with Crippen molar-refractivity contribution in [1.29, 1.82) is 0 Å². The molecule has 2 rings (SSSR count). The molecule has 1 aromatic rings. The molecule has 0 aromatic heterocycles. The van der Waals surface area contributed by atoms with E-state index in [1.807, 2.05) is 6.07 Å². The number of nitrogens with zero attached hydrogens (tertiary/aromatic N) is 1. The minimum Gasteiger partial charge on any atom is -0.468 e. The van der Waals surface area contributed by atoms with Gasteiger partial charge in [-0.1, -0.05) is 12.1 Å². The summed E-state index contributed by atoms with van der Waals surface area (Å²) < 4.78 is 29.6. The Hall–Kier alpha value is -1.67. The van der Waals surface area contributed by atoms with Crippen LogP contribution in [0.4, 0.5) is 8.78 Å². The minimum atomic E-state index is -2.33. The van der Waals surface area contributed by atoms with Crippen molar-refractivity contribution in [2.75, 3.05) is 26.7 Å². The monoisotopic (exact) mass is 386 g/mol. The first-order valence-electron chi connectivity index (χ1n) is 8.55. The van der Waals surface area contributed by atoms with Crippen molar-refractivity contribution in [3.05, 3.63) is 29.8 Å². The van der Waals surface area contributed by atoms with Crippen molar-refractivity contribution >= 4 is 23.6 Å². The lowest BCUT2D eigenvalue weighted by Crippen LogP contribution is -2.45. The lowest BCUT2D eigenvalue weighted by molar-refractivity contribution is -0.139. The molecule has 1 saturated heterocycles. The van der Waals surface area contributed by atoms with Crippen LogP contribution >= 0.6 is 11.8 Å². The van der Waals surface area contributed by atoms with E-state index in [1.54, 1.807) is 30.0 Å². The van der Waals surface area contributed by atoms with E-state index in [2.05, 4.69) is 5.32 Å². The van der Waals surface area contributed by atoms with Crippen LogP contribution in [0.1, 0.15) is 30.1 Å². The fourth-order valence-electron chi connectivity index (χ4n) is 2.88. The third-order valence-corrected chi connectivity index (χ3v) is 5.44. The first-order chi connectivity index (χ1) is 12.4. The molecule has 1 aliphatic heterocycles. The number of methoxy groups -OCH3 is 1. The highest BCUT2D eigenvalue weighted by atomic mass is 32.2. The number of hydrogen-bond donors (Lipinski definition) is 1. The van der Waals surface area contributed by atoms with E-state index in [1.165, 1.54) is 18.9 Å². The van der Waals surface area contributed by atoms with Crippen LogP contribution in [-0.4, -0.2) is 61.2 Å². The van der Waals surface area contributed by atoms with Crippen LogP contribution in [0.25, 0.3) is 0 Å². The third kappa shape index (κ3) is 5.95. The Bertz CT molecular complexity index is 622. The van der Waals surface area contributed by atoms with Crippen LogP contribution in [-0.2, 0) is 9.53 Å². The molecule has 0 radical (unpaired) electrons. The number of hydrogen-bond acceptors (Lipinski definition) is 5. The van der Waals surface area contributed by atoms with Gasteiger partial charge in [-0.15, -0.1) is 11.8 Å². The van der Waals surface area contributed by atoms with Gasteiger partial charge in [0, 0.05) is 24.0 Å². The summed E-state index contributed by atoms with van der Waals surface area (Å²) in [6.07, 6.45) is -1.04. The van der Waals surface area contributed by atoms with Crippen LogP contribution in [0.3, 0.4) is 0 Å². The van der Waals surface area contributed by atoms with Crippen molar-refractivity contribution in [2.45, 2.75) is 42.4 Å². The predicted octanol–water partition coefficient (Wildman–Crippen LogP) is 2.80. The van der Waals surface area contributed by atoms with Crippen molar-refractivity contribution < 1.29 is 23.1 Å². The normalized spacial score (nSPS) is 17.1. The van der Waals surface area contributed by atoms with E-state index in [0.29, 0.717) is 36.4 Å². The fraction of sp³-hybridized carbons (Fsp3) is 0.556. The van der Waals surface area contributed by atoms with E-state index in [-0.39, 0.29) is 24.5 Å². The quantitative estimate of drug-likeness (QED) is 0.577. The zero-order valence-corrected chi connectivity index (χ0v) is 15.7. The molecule has 1 aromatic carbocycles. The Balaban J connectivity index is 1.95. The van der Waals surface area contributed by atoms with Gasteiger partial charge in [0.1, 0.15) is 5.25 Å². The van der Waals surface area contributed by atoms with E-state index in [9.17, 15) is 18.4 Å². The summed E-state index contributed by atoms with van der Waals surface area (Å²) in [5.74, 6) is -0.561. The first-order valence-corrected chi connectivity index (χ1v) is 9.43. The molecule has 1 atom stereocenters. The summed E-state index contributed by atoms with van der Waals surface area (Å²) in [7, 11) is 1.33. The Morgan fingerprint density at radius 1 is 1.31 bits per heavy atom. The van der Waals surface area contributed by atoms with Gasteiger partial charge in [-0.2, -0.15) is 0 Å². The van der Waals surface area contributed by atoms with Crippen LogP contribution in [0.2, 0.25) is 0 Å². The van der Waals surface area contributed by atoms with Crippen molar-refractivity contribution in [1.82, 2.24) is 10.2 Å². The number of rotatable bonds is 7. The molecule has 1 unspecified atom stereocenters. The molecule has 1 amide bonds. The lowest BCUT2D eigenvalue weighted by Gasteiger charge is -2.32. The standard InChI is InChI=1S/C18H24F2N2O3S/c1-12(18(24)25-2)26-15-6-4-3-5-14(15)17(23)21-13-7-9-22(10-8-13)11-16(19)20/h3-6,12-13,16H,7-11H2,1-2H3,(H,21,23). The Morgan fingerprint density at radius 3 is 2.58 bits per heavy atom. The van der Waals surface area contributed by atoms with Gasteiger partial charge in [-0.25, -0.2) is 8.78 Å². The van der Waals surface area contributed by atoms with E-state index < -0.39 is 11.7 Å². The summed E-state index contributed by atoms with van der Waals surface area (Å²) in [6, 6.07) is 7.06. The fourth-order valence-corrected chi connectivity index (χ4v) is 3.90. The second-order valence-electron chi connectivity index (χ2n) is 6.22. The molecule has 144 valence electrons. The predicted molar refractivity (Wildman–Crippen MR) is 96.7 cm³/mol. The highest BCUT2D eigenvalue weighted by Gasteiger charge is 2.24. The van der Waals surface area contributed by atoms with Gasteiger partial charge in [-0.05, 0) is 31.9 Å². The summed E-state index contributed by atoms with van der Waals surface area (Å²) in [4.78, 5) is 26.7. The van der Waals surface area contributed by atoms with Gasteiger partial charge in [0.2, 0.25) is 0 Å². The van der Waals surface area contributed by atoms with Crippen molar-refractivity contribution in [3.63, 3.8) is 0 Å². The van der Waals surface area contributed by atoms with Crippen molar-refractivity contribution in [2.24, 2.45) is 0 Å². The molecule has 1 heterocycles. The highest BCUT2D eigenvalue weighted by Crippen LogP contribution is 2.27. The van der Waals surface area contributed by atoms with E-state index >= 15 is 0 Å². The summed E-state index contributed by atoms with van der Waals surface area (Å²) in [5, 5.41) is 2.56. The number of esters is 1. The number of nitrogens with one attached hydrogen (secondary N) is 1. The number of benzene rings is 1. The van der Waals surface area contributed by atoms with Gasteiger partial charge in [0.25, 0.3) is 12.3 Å². The smallest absolute Gasteiger partial charge is 0.318 e. The second kappa shape index (κ2) is 9.87. The SMILES string of the molecule is COC(=O)C(C)Sc1ccccc1C(=O)NC1CCN(CC(F)F)CC1. The minimum absolute atomic E-state index is 0.0347. The summed E-state index contributed by atoms with van der Waals surface area (Å²) >= 11 is 1.27. The van der Waals surface area contributed by atoms with Gasteiger partial charge in [-0.3, -0.25) is 14.5 Å². The Morgan fingerprint density at radius 2 is 1.96 bits per heavy atom. The van der Waals surface area contributed by atoms with Gasteiger partial charge < -0.3 is 10.1 Å². The number of thioether (sulfide) groups is 1. The molecular weight excluding hydrogens is 362 g/mol. The molecule has 1 N–H and O–H groups in total. The highest BCUT2D eigenvalue weighted by molar-refractivity contribution is 8.00. The zero-order valence-electron chi connectivity index (χ0n) is 14.9. The van der Waals surface area contributed by atoms with Gasteiger partial charge in [0.15, 0.2) is 0 Å². The molecule has 0 spiro atoms. The molecule has 0 aliphatic carbocycles. The average Bonchev–Trinajstić information content (AvgIpc) is 2.62. The maximum Gasteiger partial charge on any atom is 0.318 e. The van der Waals surface area contributed by atoms with Crippen LogP contribution < -0.4 is 5.32 Å². The number of ether oxygens (including phenoxy) is 1. The van der Waals surface area contributed by atoms with Crippen molar-refractivity contribution in [3.8, 4) is 0 Å². The number of alkyl halides is 2. The van der Waals surface area contributed by atoms with Crippen LogP contribution in [0, 0.1) is 0 Å². The summed E-state index contributed by atoms with van der Waals surface area (Å²) in [6.45, 7) is 2.60. The Kier molecular flexibility index (Phi) is 7.84. The number of carbonyl (C=O) groups is 2. The summed E-state index contributed by atoms with van der Waals surface area (Å²) in [5.41, 5.74) is 0.503. The molecule has 26 heavy (non-hydrogen) atoms. The molecule has 0 bridgehead atoms. The number of likely N-dealkylation sites (tertiary alicyclic amines) is 1. The van der Waals surface area contributed by atoms with E-state index in [0.717, 1.165) is 0 Å². The number of amides is 1. The first kappa shape index (κ1) is 20.6. The number of halogens is 2. The largest absolute Gasteiger partial charge is 0.468 e. The van der Waals surface area contributed by atoms with Gasteiger partial charge >= 0.3 is 5.97 Å². The average molecular weight is 386 g/mol. The topological polar surface area (TPSA) is 58.6 Å². The lowest BCUT2D eigenvalue weighted by atomic mass is 10.0. The van der Waals surface area contributed by atoms with Crippen LogP contribution in [0.15, 0.2) is 29.2 Å². The molecule has 1 fully saturated rings. The maximum atomic E-state index is 12.6. The number of carbonyl (C=O) groups excluding carboxylic acids is 2. The molecule has 1 aliphatic rings. The molecule has 0 saturated carbocycles. The third-order valence-electron chi connectivity index (χ3n) is 4.29. The maximum absolute atomic E-state index is 12.6. The van der Waals surface area contributed by atoms with Crippen LogP contribution in [0.5, 0.6) is 0 Å².